The van der Waals surface area contributed by atoms with Gasteiger partial charge in [0.25, 0.3) is 6.02 Å². The average molecular weight is 509 g/mol. The van der Waals surface area contributed by atoms with Crippen molar-refractivity contribution in [3.8, 4) is 5.75 Å². The number of aromatic nitrogens is 2. The fourth-order valence-corrected chi connectivity index (χ4v) is 5.10. The molecule has 1 amide bonds. The molecule has 0 bridgehead atoms. The van der Waals surface area contributed by atoms with Crippen molar-refractivity contribution in [3.63, 3.8) is 0 Å². The minimum absolute atomic E-state index is 0.00926. The Kier molecular flexibility index (Phi) is 6.94. The fraction of sp³-hybridized carbons (Fsp3) is 0.556. The predicted octanol–water partition coefficient (Wildman–Crippen LogP) is 3.97. The fourth-order valence-electron chi connectivity index (χ4n) is 5.10. The van der Waals surface area contributed by atoms with Gasteiger partial charge >= 0.3 is 0 Å². The maximum atomic E-state index is 13.7. The van der Waals surface area contributed by atoms with Gasteiger partial charge in [0.2, 0.25) is 5.91 Å². The van der Waals surface area contributed by atoms with Crippen LogP contribution in [0.5, 0.6) is 5.75 Å². The number of nitrogens with zero attached hydrogens (tertiary/aromatic N) is 4. The first-order chi connectivity index (χ1) is 17.8. The largest absolute Gasteiger partial charge is 0.490 e. The molecule has 1 aromatic carbocycles. The van der Waals surface area contributed by atoms with Gasteiger partial charge in [-0.3, -0.25) is 15.1 Å². The molecule has 1 aliphatic carbocycles. The first-order valence-electron chi connectivity index (χ1n) is 13.0. The number of amides is 1. The van der Waals surface area contributed by atoms with Gasteiger partial charge in [-0.15, -0.1) is 0 Å². The second-order valence-corrected chi connectivity index (χ2v) is 10.5. The van der Waals surface area contributed by atoms with Gasteiger partial charge in [-0.05, 0) is 63.8 Å². The molecule has 3 heterocycles. The Labute approximate surface area is 217 Å². The van der Waals surface area contributed by atoms with Crippen LogP contribution in [0.25, 0.3) is 0 Å². The molecule has 0 spiro atoms. The van der Waals surface area contributed by atoms with E-state index in [2.05, 4.69) is 10.3 Å². The van der Waals surface area contributed by atoms with E-state index in [9.17, 15) is 4.79 Å². The Hall–Kier alpha value is -3.40. The number of nitrogens with one attached hydrogen (secondary N) is 2. The number of likely N-dealkylation sites (N-methyl/N-ethyl adjacent to an activating group) is 1. The number of carbonyl (C=O) groups excluding carboxylic acids is 1. The highest BCUT2D eigenvalue weighted by Gasteiger charge is 2.48. The third kappa shape index (κ3) is 4.82. The quantitative estimate of drug-likeness (QED) is 0.427. The lowest BCUT2D eigenvalue weighted by atomic mass is 9.87. The minimum atomic E-state index is -0.818. The lowest BCUT2D eigenvalue weighted by Gasteiger charge is -2.35. The van der Waals surface area contributed by atoms with Gasteiger partial charge in [-0.2, -0.15) is 0 Å². The van der Waals surface area contributed by atoms with Crippen molar-refractivity contribution in [2.45, 2.75) is 70.1 Å². The molecular formula is C27H36N6O4. The van der Waals surface area contributed by atoms with Crippen molar-refractivity contribution >= 4 is 29.3 Å². The van der Waals surface area contributed by atoms with E-state index in [-0.39, 0.29) is 30.7 Å². The number of rotatable bonds is 7. The summed E-state index contributed by atoms with van der Waals surface area (Å²) >= 11 is 0. The summed E-state index contributed by atoms with van der Waals surface area (Å²) < 4.78 is 17.1. The summed E-state index contributed by atoms with van der Waals surface area (Å²) in [6.07, 6.45) is 6.13. The molecule has 5 rings (SSSR count). The van der Waals surface area contributed by atoms with Crippen molar-refractivity contribution in [1.82, 2.24) is 14.9 Å². The smallest absolute Gasteiger partial charge is 0.284 e. The monoisotopic (exact) mass is 508 g/mol. The van der Waals surface area contributed by atoms with Gasteiger partial charge in [0.1, 0.15) is 17.4 Å². The molecule has 10 nitrogen and oxygen atoms in total. The minimum Gasteiger partial charge on any atom is -0.490 e. The van der Waals surface area contributed by atoms with Crippen LogP contribution >= 0.6 is 0 Å². The van der Waals surface area contributed by atoms with E-state index in [1.54, 1.807) is 16.8 Å². The Morgan fingerprint density at radius 3 is 2.51 bits per heavy atom. The zero-order valence-electron chi connectivity index (χ0n) is 22.0. The van der Waals surface area contributed by atoms with Gasteiger partial charge in [0, 0.05) is 14.1 Å². The Bertz CT molecular complexity index is 1160. The molecule has 10 heteroatoms. The van der Waals surface area contributed by atoms with Gasteiger partial charge in [-0.1, -0.05) is 6.42 Å². The average Bonchev–Trinajstić information content (AvgIpc) is 3.07. The highest BCUT2D eigenvalue weighted by atomic mass is 16.5. The summed E-state index contributed by atoms with van der Waals surface area (Å²) in [5.41, 5.74) is 0.643. The highest BCUT2D eigenvalue weighted by Crippen LogP contribution is 2.47. The normalized spacial score (nSPS) is 19.2. The lowest BCUT2D eigenvalue weighted by molar-refractivity contribution is -0.121. The first-order valence-corrected chi connectivity index (χ1v) is 13.0. The molecule has 2 N–H and O–H groups in total. The van der Waals surface area contributed by atoms with Crippen LogP contribution in [0, 0.1) is 5.41 Å². The van der Waals surface area contributed by atoms with Gasteiger partial charge in [-0.25, -0.2) is 9.97 Å². The highest BCUT2D eigenvalue weighted by molar-refractivity contribution is 6.12. The summed E-state index contributed by atoms with van der Waals surface area (Å²) in [5, 5.41) is 11.4. The van der Waals surface area contributed by atoms with E-state index in [0.29, 0.717) is 30.7 Å². The van der Waals surface area contributed by atoms with Crippen molar-refractivity contribution < 1.29 is 19.0 Å². The van der Waals surface area contributed by atoms with Crippen molar-refractivity contribution in [2.75, 3.05) is 37.5 Å². The van der Waals surface area contributed by atoms with Crippen LogP contribution in [0.2, 0.25) is 0 Å². The molecule has 0 atom stereocenters. The second kappa shape index (κ2) is 10.2. The van der Waals surface area contributed by atoms with E-state index < -0.39 is 5.41 Å². The topological polar surface area (TPSA) is 113 Å². The van der Waals surface area contributed by atoms with Crippen LogP contribution < -0.4 is 15.0 Å². The molecule has 1 aromatic heterocycles. The van der Waals surface area contributed by atoms with Crippen molar-refractivity contribution in [1.29, 1.82) is 5.41 Å². The number of fused-ring (bicyclic) bond motifs is 1. The number of anilines is 3. The summed E-state index contributed by atoms with van der Waals surface area (Å²) in [6.45, 7) is 4.95. The summed E-state index contributed by atoms with van der Waals surface area (Å²) in [5.74, 6) is 2.23. The maximum Gasteiger partial charge on any atom is 0.284 e. The Morgan fingerprint density at radius 2 is 1.89 bits per heavy atom. The van der Waals surface area contributed by atoms with Gasteiger partial charge < -0.3 is 24.4 Å². The summed E-state index contributed by atoms with van der Waals surface area (Å²) in [6, 6.07) is 7.83. The first kappa shape index (κ1) is 25.3. The van der Waals surface area contributed by atoms with Crippen LogP contribution in [0.1, 0.15) is 57.3 Å². The SMILES string of the molecule is CNc1nc(COC(=N)N(C)C2COC2)nc2c1C(C)(C)C(=O)N2c1ccc(OC2CCCCC2)cc1. The van der Waals surface area contributed by atoms with E-state index in [1.807, 2.05) is 45.2 Å². The molecule has 1 saturated carbocycles. The molecule has 0 radical (unpaired) electrons. The molecule has 2 aliphatic heterocycles. The molecule has 2 aromatic rings. The van der Waals surface area contributed by atoms with E-state index in [4.69, 9.17) is 24.6 Å². The number of hydrogen-bond donors (Lipinski definition) is 2. The summed E-state index contributed by atoms with van der Waals surface area (Å²) in [7, 11) is 3.59. The third-order valence-corrected chi connectivity index (χ3v) is 7.52. The maximum absolute atomic E-state index is 13.7. The Balaban J connectivity index is 1.39. The number of carbonyl (C=O) groups is 1. The van der Waals surface area contributed by atoms with Crippen molar-refractivity contribution in [3.05, 3.63) is 35.7 Å². The number of hydrogen-bond acceptors (Lipinski definition) is 8. The molecular weight excluding hydrogens is 472 g/mol. The standard InChI is InChI=1S/C27H36N6O4/c1-27(2)22-23(29-3)30-21(16-36-26(28)32(4)18-14-35-15-18)31-24(22)33(25(27)34)17-10-12-20(13-11-17)37-19-8-6-5-7-9-19/h10-13,18-19,28H,5-9,14-16H2,1-4H3,(H,29,30,31). The van der Waals surface area contributed by atoms with E-state index >= 15 is 0 Å². The van der Waals surface area contributed by atoms with E-state index in [1.165, 1.54) is 19.3 Å². The van der Waals surface area contributed by atoms with Crippen LogP contribution in [-0.2, 0) is 26.3 Å². The zero-order valence-corrected chi connectivity index (χ0v) is 22.0. The van der Waals surface area contributed by atoms with Crippen LogP contribution in [0.15, 0.2) is 24.3 Å². The molecule has 198 valence electrons. The lowest BCUT2D eigenvalue weighted by Crippen LogP contribution is -2.50. The molecule has 1 saturated heterocycles. The third-order valence-electron chi connectivity index (χ3n) is 7.52. The molecule has 0 unspecified atom stereocenters. The van der Waals surface area contributed by atoms with E-state index in [0.717, 1.165) is 29.8 Å². The molecule has 37 heavy (non-hydrogen) atoms. The van der Waals surface area contributed by atoms with Gasteiger partial charge in [0.05, 0.1) is 42.0 Å². The molecule has 2 fully saturated rings. The Morgan fingerprint density at radius 1 is 1.19 bits per heavy atom. The van der Waals surface area contributed by atoms with Gasteiger partial charge in [0.15, 0.2) is 12.4 Å². The predicted molar refractivity (Wildman–Crippen MR) is 141 cm³/mol. The number of amidine groups is 1. The second-order valence-electron chi connectivity index (χ2n) is 10.5. The number of ether oxygens (including phenoxy) is 3. The van der Waals surface area contributed by atoms with Crippen LogP contribution in [0.4, 0.5) is 17.3 Å². The zero-order chi connectivity index (χ0) is 26.2. The van der Waals surface area contributed by atoms with Crippen LogP contribution in [-0.4, -0.2) is 66.3 Å². The molecule has 3 aliphatic rings. The van der Waals surface area contributed by atoms with Crippen molar-refractivity contribution in [2.24, 2.45) is 0 Å². The van der Waals surface area contributed by atoms with Crippen LogP contribution in [0.3, 0.4) is 0 Å². The summed E-state index contributed by atoms with van der Waals surface area (Å²) in [4.78, 5) is 26.4. The number of benzene rings is 1.